The summed E-state index contributed by atoms with van der Waals surface area (Å²) in [7, 11) is 0. The van der Waals surface area contributed by atoms with Gasteiger partial charge in [-0.3, -0.25) is 4.98 Å². The van der Waals surface area contributed by atoms with Crippen LogP contribution in [0.15, 0.2) is 42.7 Å². The third-order valence-electron chi connectivity index (χ3n) is 2.72. The molecule has 4 nitrogen and oxygen atoms in total. The number of anilines is 1. The molecule has 0 atom stereocenters. The molecule has 0 radical (unpaired) electrons. The summed E-state index contributed by atoms with van der Waals surface area (Å²) in [6.45, 7) is 1.96. The normalized spacial score (nSPS) is 10.9. The molecule has 0 saturated carbocycles. The van der Waals surface area contributed by atoms with Crippen LogP contribution in [-0.4, -0.2) is 14.8 Å². The maximum atomic E-state index is 5.81. The van der Waals surface area contributed by atoms with E-state index in [9.17, 15) is 0 Å². The van der Waals surface area contributed by atoms with E-state index < -0.39 is 0 Å². The van der Waals surface area contributed by atoms with Crippen LogP contribution >= 0.6 is 0 Å². The minimum Gasteiger partial charge on any atom is -0.399 e. The molecule has 2 heterocycles. The molecule has 0 aliphatic rings. The molecule has 84 valence electrons. The van der Waals surface area contributed by atoms with Gasteiger partial charge in [-0.15, -0.1) is 0 Å². The molecule has 0 saturated heterocycles. The van der Waals surface area contributed by atoms with Gasteiger partial charge in [0.05, 0.1) is 17.4 Å². The lowest BCUT2D eigenvalue weighted by Crippen LogP contribution is -1.97. The molecule has 1 aromatic carbocycles. The van der Waals surface area contributed by atoms with Crippen LogP contribution in [0.25, 0.3) is 16.6 Å². The van der Waals surface area contributed by atoms with Crippen LogP contribution in [0.3, 0.4) is 0 Å². The highest BCUT2D eigenvalue weighted by Crippen LogP contribution is 2.20. The number of rotatable bonds is 1. The summed E-state index contributed by atoms with van der Waals surface area (Å²) in [5.41, 5.74) is 9.52. The van der Waals surface area contributed by atoms with Crippen molar-refractivity contribution in [2.45, 2.75) is 6.92 Å². The first-order valence-corrected chi connectivity index (χ1v) is 5.40. The van der Waals surface area contributed by atoms with Crippen molar-refractivity contribution in [2.24, 2.45) is 0 Å². The zero-order valence-electron chi connectivity index (χ0n) is 9.46. The number of aryl methyl sites for hydroxylation is 1. The highest BCUT2D eigenvalue weighted by molar-refractivity contribution is 5.83. The lowest BCUT2D eigenvalue weighted by molar-refractivity contribution is 0.904. The number of fused-ring (bicyclic) bond motifs is 1. The van der Waals surface area contributed by atoms with Crippen LogP contribution in [0, 0.1) is 6.92 Å². The van der Waals surface area contributed by atoms with Crippen LogP contribution in [0.5, 0.6) is 0 Å². The Labute approximate surface area is 98.7 Å². The molecule has 0 bridgehead atoms. The number of hydrogen-bond donors (Lipinski definition) is 1. The molecule has 4 heteroatoms. The predicted molar refractivity (Wildman–Crippen MR) is 68.0 cm³/mol. The standard InChI is InChI=1S/C13H12N4/c1-9-6-12(4-5-15-9)17-13-7-11(14)3-2-10(13)8-16-17/h2-8H,14H2,1H3. The van der Waals surface area contributed by atoms with Crippen molar-refractivity contribution in [2.75, 3.05) is 5.73 Å². The molecule has 3 rings (SSSR count). The Hall–Kier alpha value is -2.36. The molecule has 2 aromatic heterocycles. The van der Waals surface area contributed by atoms with E-state index in [0.29, 0.717) is 0 Å². The number of nitrogens with two attached hydrogens (primary N) is 1. The van der Waals surface area contributed by atoms with E-state index in [1.54, 1.807) is 6.20 Å². The van der Waals surface area contributed by atoms with Gasteiger partial charge in [0, 0.05) is 23.0 Å². The Morgan fingerprint density at radius 3 is 2.88 bits per heavy atom. The molecule has 17 heavy (non-hydrogen) atoms. The van der Waals surface area contributed by atoms with Gasteiger partial charge in [0.1, 0.15) is 0 Å². The first kappa shape index (κ1) is 9.84. The molecule has 0 unspecified atom stereocenters. The summed E-state index contributed by atoms with van der Waals surface area (Å²) >= 11 is 0. The summed E-state index contributed by atoms with van der Waals surface area (Å²) in [5.74, 6) is 0. The monoisotopic (exact) mass is 224 g/mol. The van der Waals surface area contributed by atoms with E-state index in [0.717, 1.165) is 28.0 Å². The minimum atomic E-state index is 0.741. The lowest BCUT2D eigenvalue weighted by Gasteiger charge is -2.04. The Morgan fingerprint density at radius 1 is 1.18 bits per heavy atom. The van der Waals surface area contributed by atoms with E-state index in [1.165, 1.54) is 0 Å². The second kappa shape index (κ2) is 3.59. The maximum Gasteiger partial charge on any atom is 0.0761 e. The predicted octanol–water partition coefficient (Wildman–Crippen LogP) is 2.31. The van der Waals surface area contributed by atoms with Crippen LogP contribution in [-0.2, 0) is 0 Å². The van der Waals surface area contributed by atoms with Crippen LogP contribution in [0.4, 0.5) is 5.69 Å². The van der Waals surface area contributed by atoms with Gasteiger partial charge >= 0.3 is 0 Å². The van der Waals surface area contributed by atoms with Crippen molar-refractivity contribution < 1.29 is 0 Å². The number of pyridine rings is 1. The van der Waals surface area contributed by atoms with Crippen molar-refractivity contribution in [3.63, 3.8) is 0 Å². The zero-order valence-corrected chi connectivity index (χ0v) is 9.46. The fourth-order valence-electron chi connectivity index (χ4n) is 1.90. The van der Waals surface area contributed by atoms with E-state index in [2.05, 4.69) is 10.1 Å². The van der Waals surface area contributed by atoms with Gasteiger partial charge in [0.2, 0.25) is 0 Å². The zero-order chi connectivity index (χ0) is 11.8. The Balaban J connectivity index is 2.27. The van der Waals surface area contributed by atoms with Crippen molar-refractivity contribution >= 4 is 16.6 Å². The fraction of sp³-hybridized carbons (Fsp3) is 0.0769. The van der Waals surface area contributed by atoms with E-state index in [-0.39, 0.29) is 0 Å². The van der Waals surface area contributed by atoms with E-state index in [4.69, 9.17) is 5.73 Å². The topological polar surface area (TPSA) is 56.7 Å². The number of aromatic nitrogens is 3. The Kier molecular flexibility index (Phi) is 2.08. The summed E-state index contributed by atoms with van der Waals surface area (Å²) < 4.78 is 1.88. The fourth-order valence-corrected chi connectivity index (χ4v) is 1.90. The number of nitrogen functional groups attached to an aromatic ring is 1. The quantitative estimate of drug-likeness (QED) is 0.645. The molecule has 0 fully saturated rings. The molecule has 0 aliphatic heterocycles. The molecular weight excluding hydrogens is 212 g/mol. The van der Waals surface area contributed by atoms with Crippen molar-refractivity contribution in [3.8, 4) is 5.69 Å². The number of hydrogen-bond acceptors (Lipinski definition) is 3. The smallest absolute Gasteiger partial charge is 0.0761 e. The van der Waals surface area contributed by atoms with Gasteiger partial charge in [-0.1, -0.05) is 0 Å². The Morgan fingerprint density at radius 2 is 2.06 bits per heavy atom. The third-order valence-corrected chi connectivity index (χ3v) is 2.72. The largest absolute Gasteiger partial charge is 0.399 e. The molecule has 0 aliphatic carbocycles. The third kappa shape index (κ3) is 1.63. The average Bonchev–Trinajstić information content (AvgIpc) is 2.71. The van der Waals surface area contributed by atoms with Gasteiger partial charge < -0.3 is 5.73 Å². The van der Waals surface area contributed by atoms with Crippen LogP contribution < -0.4 is 5.73 Å². The lowest BCUT2D eigenvalue weighted by atomic mass is 10.2. The van der Waals surface area contributed by atoms with Crippen molar-refractivity contribution in [3.05, 3.63) is 48.4 Å². The van der Waals surface area contributed by atoms with Crippen molar-refractivity contribution in [1.82, 2.24) is 14.8 Å². The van der Waals surface area contributed by atoms with Gasteiger partial charge in [-0.25, -0.2) is 4.68 Å². The van der Waals surface area contributed by atoms with Gasteiger partial charge in [0.25, 0.3) is 0 Å². The van der Waals surface area contributed by atoms with Gasteiger partial charge in [-0.05, 0) is 37.3 Å². The second-order valence-corrected chi connectivity index (χ2v) is 4.03. The molecule has 3 aromatic rings. The number of nitrogens with zero attached hydrogens (tertiary/aromatic N) is 3. The highest BCUT2D eigenvalue weighted by Gasteiger charge is 2.05. The summed E-state index contributed by atoms with van der Waals surface area (Å²) in [4.78, 5) is 4.18. The molecule has 0 spiro atoms. The first-order valence-electron chi connectivity index (χ1n) is 5.40. The summed E-state index contributed by atoms with van der Waals surface area (Å²) in [6, 6.07) is 9.71. The van der Waals surface area contributed by atoms with Gasteiger partial charge in [-0.2, -0.15) is 5.10 Å². The maximum absolute atomic E-state index is 5.81. The minimum absolute atomic E-state index is 0.741. The SMILES string of the molecule is Cc1cc(-n2ncc3ccc(N)cc32)ccn1. The Bertz CT molecular complexity index is 685. The van der Waals surface area contributed by atoms with Crippen LogP contribution in [0.1, 0.15) is 5.69 Å². The van der Waals surface area contributed by atoms with Crippen LogP contribution in [0.2, 0.25) is 0 Å². The van der Waals surface area contributed by atoms with E-state index in [1.807, 2.05) is 48.1 Å². The second-order valence-electron chi connectivity index (χ2n) is 4.03. The number of benzene rings is 1. The van der Waals surface area contributed by atoms with E-state index >= 15 is 0 Å². The van der Waals surface area contributed by atoms with Gasteiger partial charge in [0.15, 0.2) is 0 Å². The molecule has 0 amide bonds. The average molecular weight is 224 g/mol. The highest BCUT2D eigenvalue weighted by atomic mass is 15.3. The summed E-state index contributed by atoms with van der Waals surface area (Å²) in [6.07, 6.45) is 3.62. The molecule has 2 N–H and O–H groups in total. The molecular formula is C13H12N4. The summed E-state index contributed by atoms with van der Waals surface area (Å²) in [5, 5.41) is 5.46. The van der Waals surface area contributed by atoms with Crippen molar-refractivity contribution in [1.29, 1.82) is 0 Å². The first-order chi connectivity index (χ1) is 8.24.